The van der Waals surface area contributed by atoms with E-state index in [4.69, 9.17) is 4.52 Å². The summed E-state index contributed by atoms with van der Waals surface area (Å²) in [6.45, 7) is 0. The number of anilines is 1. The molecule has 4 rings (SSSR count). The zero-order valence-corrected chi connectivity index (χ0v) is 13.3. The van der Waals surface area contributed by atoms with E-state index in [1.54, 1.807) is 12.3 Å². The number of nitrogens with zero attached hydrogens (tertiary/aromatic N) is 2. The van der Waals surface area contributed by atoms with Crippen molar-refractivity contribution in [2.45, 2.75) is 6.42 Å². The summed E-state index contributed by atoms with van der Waals surface area (Å²) in [7, 11) is 0. The summed E-state index contributed by atoms with van der Waals surface area (Å²) in [5.74, 6) is 0.346. The second-order valence-electron chi connectivity index (χ2n) is 5.65. The fraction of sp³-hybridized carbons (Fsp3) is 0.0500. The van der Waals surface area contributed by atoms with E-state index in [0.717, 1.165) is 22.2 Å². The molecule has 0 spiro atoms. The first-order chi connectivity index (χ1) is 12.3. The third-order valence-electron chi connectivity index (χ3n) is 3.87. The van der Waals surface area contributed by atoms with Crippen molar-refractivity contribution >= 4 is 22.5 Å². The first-order valence-corrected chi connectivity index (χ1v) is 7.94. The minimum atomic E-state index is -0.172. The molecule has 0 unspecified atom stereocenters. The summed E-state index contributed by atoms with van der Waals surface area (Å²) in [5, 5.41) is 7.90. The number of amides is 1. The molecule has 0 saturated carbocycles. The van der Waals surface area contributed by atoms with Crippen molar-refractivity contribution < 1.29 is 9.32 Å². The van der Waals surface area contributed by atoms with Crippen molar-refractivity contribution in [3.63, 3.8) is 0 Å². The number of aromatic nitrogens is 2. The van der Waals surface area contributed by atoms with Gasteiger partial charge in [0.25, 0.3) is 0 Å². The van der Waals surface area contributed by atoms with Crippen LogP contribution >= 0.6 is 0 Å². The highest BCUT2D eigenvalue weighted by Gasteiger charge is 2.12. The Balaban J connectivity index is 1.50. The second kappa shape index (κ2) is 6.57. The molecule has 2 aromatic carbocycles. The van der Waals surface area contributed by atoms with Gasteiger partial charge in [0, 0.05) is 23.2 Å². The maximum absolute atomic E-state index is 12.3. The van der Waals surface area contributed by atoms with Crippen LogP contribution in [0.3, 0.4) is 0 Å². The summed E-state index contributed by atoms with van der Waals surface area (Å²) < 4.78 is 5.29. The molecule has 122 valence electrons. The van der Waals surface area contributed by atoms with E-state index in [1.165, 1.54) is 0 Å². The molecule has 5 heteroatoms. The Morgan fingerprint density at radius 2 is 1.84 bits per heavy atom. The van der Waals surface area contributed by atoms with Gasteiger partial charge < -0.3 is 9.84 Å². The van der Waals surface area contributed by atoms with Crippen LogP contribution in [0.15, 0.2) is 77.4 Å². The molecule has 0 radical (unpaired) electrons. The first kappa shape index (κ1) is 15.1. The van der Waals surface area contributed by atoms with Gasteiger partial charge in [-0.2, -0.15) is 0 Å². The van der Waals surface area contributed by atoms with Gasteiger partial charge in [-0.3, -0.25) is 9.78 Å². The fourth-order valence-electron chi connectivity index (χ4n) is 2.70. The summed E-state index contributed by atoms with van der Waals surface area (Å²) in [5.41, 5.74) is 3.12. The molecule has 0 saturated heterocycles. The zero-order valence-electron chi connectivity index (χ0n) is 13.3. The molecule has 0 aliphatic rings. The van der Waals surface area contributed by atoms with Crippen molar-refractivity contribution in [2.24, 2.45) is 0 Å². The van der Waals surface area contributed by atoms with Crippen LogP contribution in [-0.2, 0) is 11.2 Å². The molecule has 2 aromatic heterocycles. The number of para-hydroxylation sites is 1. The number of pyridine rings is 1. The average molecular weight is 329 g/mol. The third kappa shape index (κ3) is 3.26. The van der Waals surface area contributed by atoms with Crippen molar-refractivity contribution in [1.82, 2.24) is 10.1 Å². The molecule has 0 atom stereocenters. The maximum Gasteiger partial charge on any atom is 0.232 e. The van der Waals surface area contributed by atoms with Crippen LogP contribution in [0.25, 0.3) is 22.2 Å². The van der Waals surface area contributed by atoms with E-state index < -0.39 is 0 Å². The molecule has 1 N–H and O–H groups in total. The van der Waals surface area contributed by atoms with Gasteiger partial charge in [-0.1, -0.05) is 53.7 Å². The summed E-state index contributed by atoms with van der Waals surface area (Å²) >= 11 is 0. The van der Waals surface area contributed by atoms with E-state index in [2.05, 4.69) is 15.5 Å². The lowest BCUT2D eigenvalue weighted by Crippen LogP contribution is -2.14. The van der Waals surface area contributed by atoms with Crippen molar-refractivity contribution in [2.75, 3.05) is 5.32 Å². The number of benzene rings is 2. The molecule has 4 aromatic rings. The Hall–Kier alpha value is -3.47. The Labute approximate surface area is 144 Å². The second-order valence-corrected chi connectivity index (χ2v) is 5.65. The van der Waals surface area contributed by atoms with Gasteiger partial charge in [0.15, 0.2) is 0 Å². The van der Waals surface area contributed by atoms with Gasteiger partial charge in [0.2, 0.25) is 5.91 Å². The largest absolute Gasteiger partial charge is 0.360 e. The first-order valence-electron chi connectivity index (χ1n) is 7.94. The molecule has 0 bridgehead atoms. The fourth-order valence-corrected chi connectivity index (χ4v) is 2.70. The molecule has 0 aliphatic heterocycles. The number of fused-ring (bicyclic) bond motifs is 1. The number of rotatable bonds is 4. The highest BCUT2D eigenvalue weighted by molar-refractivity contribution is 6.00. The highest BCUT2D eigenvalue weighted by atomic mass is 16.5. The normalized spacial score (nSPS) is 10.7. The van der Waals surface area contributed by atoms with Crippen LogP contribution in [0.5, 0.6) is 0 Å². The topological polar surface area (TPSA) is 68.0 Å². The predicted molar refractivity (Wildman–Crippen MR) is 96.0 cm³/mol. The van der Waals surface area contributed by atoms with E-state index in [0.29, 0.717) is 11.4 Å². The number of carbonyl (C=O) groups is 1. The van der Waals surface area contributed by atoms with Crippen LogP contribution in [0.1, 0.15) is 5.76 Å². The van der Waals surface area contributed by atoms with E-state index in [1.807, 2.05) is 60.7 Å². The van der Waals surface area contributed by atoms with Gasteiger partial charge in [0.1, 0.15) is 11.5 Å². The van der Waals surface area contributed by atoms with Gasteiger partial charge in [-0.05, 0) is 12.1 Å². The average Bonchev–Trinajstić information content (AvgIpc) is 3.11. The van der Waals surface area contributed by atoms with Crippen LogP contribution in [0.4, 0.5) is 5.69 Å². The number of nitrogens with one attached hydrogen (secondary N) is 1. The quantitative estimate of drug-likeness (QED) is 0.613. The van der Waals surface area contributed by atoms with E-state index >= 15 is 0 Å². The highest BCUT2D eigenvalue weighted by Crippen LogP contribution is 2.22. The van der Waals surface area contributed by atoms with E-state index in [9.17, 15) is 4.79 Å². The maximum atomic E-state index is 12.3. The van der Waals surface area contributed by atoms with Gasteiger partial charge in [0.05, 0.1) is 17.6 Å². The molecule has 0 aliphatic carbocycles. The van der Waals surface area contributed by atoms with Crippen LogP contribution in [0, 0.1) is 0 Å². The molecule has 5 nitrogen and oxygen atoms in total. The number of hydrogen-bond acceptors (Lipinski definition) is 4. The van der Waals surface area contributed by atoms with Crippen molar-refractivity contribution in [3.8, 4) is 11.3 Å². The monoisotopic (exact) mass is 329 g/mol. The molecule has 0 fully saturated rings. The van der Waals surface area contributed by atoms with Gasteiger partial charge >= 0.3 is 0 Å². The lowest BCUT2D eigenvalue weighted by Gasteiger charge is -2.06. The lowest BCUT2D eigenvalue weighted by molar-refractivity contribution is -0.115. The Morgan fingerprint density at radius 3 is 2.72 bits per heavy atom. The summed E-state index contributed by atoms with van der Waals surface area (Å²) in [4.78, 5) is 16.7. The smallest absolute Gasteiger partial charge is 0.232 e. The molecular formula is C20H15N3O2. The molecule has 1 amide bonds. The SMILES string of the molecule is O=C(Cc1cc(-c2ccccc2)no1)Nc1cccc2cccnc12. The third-order valence-corrected chi connectivity index (χ3v) is 3.87. The zero-order chi connectivity index (χ0) is 17.1. The minimum absolute atomic E-state index is 0.114. The number of hydrogen-bond donors (Lipinski definition) is 1. The summed E-state index contributed by atoms with van der Waals surface area (Å²) in [6.07, 6.45) is 1.82. The standard InChI is InChI=1S/C20H15N3O2/c24-19(22-17-10-4-8-15-9-5-11-21-20(15)17)13-16-12-18(23-25-16)14-6-2-1-3-7-14/h1-12H,13H2,(H,22,24). The number of carbonyl (C=O) groups excluding carboxylic acids is 1. The van der Waals surface area contributed by atoms with Gasteiger partial charge in [-0.25, -0.2) is 0 Å². The summed E-state index contributed by atoms with van der Waals surface area (Å²) in [6, 6.07) is 21.0. The van der Waals surface area contributed by atoms with Crippen LogP contribution in [0.2, 0.25) is 0 Å². The predicted octanol–water partition coefficient (Wildman–Crippen LogP) is 4.07. The Bertz CT molecular complexity index is 1020. The van der Waals surface area contributed by atoms with Crippen molar-refractivity contribution in [3.05, 3.63) is 78.7 Å². The molecule has 2 heterocycles. The van der Waals surface area contributed by atoms with Crippen LogP contribution in [-0.4, -0.2) is 16.0 Å². The molecule has 25 heavy (non-hydrogen) atoms. The Kier molecular flexibility index (Phi) is 3.96. The van der Waals surface area contributed by atoms with Crippen molar-refractivity contribution in [1.29, 1.82) is 0 Å². The Morgan fingerprint density at radius 1 is 1.00 bits per heavy atom. The van der Waals surface area contributed by atoms with Crippen LogP contribution < -0.4 is 5.32 Å². The molecular weight excluding hydrogens is 314 g/mol. The minimum Gasteiger partial charge on any atom is -0.360 e. The van der Waals surface area contributed by atoms with Gasteiger partial charge in [-0.15, -0.1) is 0 Å². The van der Waals surface area contributed by atoms with E-state index in [-0.39, 0.29) is 12.3 Å². The lowest BCUT2D eigenvalue weighted by atomic mass is 10.1.